The van der Waals surface area contributed by atoms with Crippen LogP contribution in [0.15, 0.2) is 47.3 Å². The maximum absolute atomic E-state index is 13.6. The number of rotatable bonds is 4. The summed E-state index contributed by atoms with van der Waals surface area (Å²) in [6.45, 7) is 1.65. The molecule has 182 valence electrons. The highest BCUT2D eigenvalue weighted by molar-refractivity contribution is 6.03. The summed E-state index contributed by atoms with van der Waals surface area (Å²) in [5.41, 5.74) is 2.28. The van der Waals surface area contributed by atoms with Gasteiger partial charge < -0.3 is 5.32 Å². The van der Waals surface area contributed by atoms with Gasteiger partial charge in [0.25, 0.3) is 5.56 Å². The highest BCUT2D eigenvalue weighted by Gasteiger charge is 2.46. The predicted octanol–water partition coefficient (Wildman–Crippen LogP) is 2.31. The summed E-state index contributed by atoms with van der Waals surface area (Å²) >= 11 is 0. The second kappa shape index (κ2) is 8.11. The van der Waals surface area contributed by atoms with Gasteiger partial charge in [-0.3, -0.25) is 33.7 Å². The van der Waals surface area contributed by atoms with Crippen LogP contribution in [0.1, 0.15) is 42.7 Å². The average Bonchev–Trinajstić information content (AvgIpc) is 3.58. The van der Waals surface area contributed by atoms with Crippen LogP contribution in [0.25, 0.3) is 21.8 Å². The Balaban J connectivity index is 1.32. The molecule has 2 aromatic carbocycles. The van der Waals surface area contributed by atoms with Crippen LogP contribution in [0.4, 0.5) is 5.69 Å². The molecular weight excluding hydrogens is 460 g/mol. The SMILES string of the molecule is Cc1nc2cccc(NC(=O)[C@@H]3C[C@H]3c3nn(C)c4ccccc34)c2c(=O)n1C1CCC(=O)NC1=O. The number of aryl methyl sites for hydroxylation is 2. The highest BCUT2D eigenvalue weighted by atomic mass is 16.2. The lowest BCUT2D eigenvalue weighted by molar-refractivity contribution is -0.135. The number of imide groups is 1. The van der Waals surface area contributed by atoms with E-state index in [1.165, 1.54) is 4.57 Å². The van der Waals surface area contributed by atoms with E-state index in [9.17, 15) is 19.2 Å². The van der Waals surface area contributed by atoms with E-state index in [1.807, 2.05) is 36.0 Å². The van der Waals surface area contributed by atoms with Gasteiger partial charge in [0.15, 0.2) is 0 Å². The Morgan fingerprint density at radius 1 is 1.11 bits per heavy atom. The Morgan fingerprint density at radius 3 is 2.72 bits per heavy atom. The topological polar surface area (TPSA) is 128 Å². The molecular formula is C26H24N6O4. The van der Waals surface area contributed by atoms with Gasteiger partial charge in [-0.25, -0.2) is 4.98 Å². The van der Waals surface area contributed by atoms with E-state index in [-0.39, 0.29) is 41.9 Å². The van der Waals surface area contributed by atoms with E-state index in [0.29, 0.717) is 23.4 Å². The van der Waals surface area contributed by atoms with Crippen molar-refractivity contribution in [2.75, 3.05) is 5.32 Å². The molecule has 10 heteroatoms. The maximum atomic E-state index is 13.6. The third-order valence-electron chi connectivity index (χ3n) is 7.15. The fraction of sp³-hybridized carbons (Fsp3) is 0.308. The standard InChI is InChI=1S/C26H24N6O4/c1-13-27-17-7-5-8-18(22(17)26(36)32(13)20-10-11-21(33)29-25(20)35)28-24(34)16-12-15(16)23-14-6-3-4-9-19(14)31(2)30-23/h3-9,15-16,20H,10-12H2,1-2H3,(H,28,34)(H,29,33,35)/t15-,16-,20?/m1/s1. The van der Waals surface area contributed by atoms with Crippen molar-refractivity contribution in [2.45, 2.75) is 38.1 Å². The number of anilines is 1. The maximum Gasteiger partial charge on any atom is 0.264 e. The summed E-state index contributed by atoms with van der Waals surface area (Å²) in [4.78, 5) is 55.4. The molecule has 3 heterocycles. The Bertz CT molecular complexity index is 1650. The summed E-state index contributed by atoms with van der Waals surface area (Å²) in [6, 6.07) is 12.2. The normalized spacial score (nSPS) is 21.6. The minimum absolute atomic E-state index is 0.00609. The van der Waals surface area contributed by atoms with E-state index in [4.69, 9.17) is 0 Å². The molecule has 1 aliphatic carbocycles. The van der Waals surface area contributed by atoms with Gasteiger partial charge in [-0.15, -0.1) is 0 Å². The zero-order valence-corrected chi connectivity index (χ0v) is 19.8. The van der Waals surface area contributed by atoms with Crippen molar-refractivity contribution in [2.24, 2.45) is 13.0 Å². The Kier molecular flexibility index (Phi) is 4.99. The first-order valence-electron chi connectivity index (χ1n) is 11.9. The molecule has 36 heavy (non-hydrogen) atoms. The molecule has 3 amide bonds. The number of nitrogens with zero attached hydrogens (tertiary/aromatic N) is 4. The fourth-order valence-electron chi connectivity index (χ4n) is 5.28. The summed E-state index contributed by atoms with van der Waals surface area (Å²) in [6.07, 6.45) is 1.04. The lowest BCUT2D eigenvalue weighted by atomic mass is 10.1. The molecule has 1 saturated heterocycles. The van der Waals surface area contributed by atoms with Crippen molar-refractivity contribution in [3.05, 3.63) is 64.3 Å². The molecule has 2 N–H and O–H groups in total. The Morgan fingerprint density at radius 2 is 1.92 bits per heavy atom. The van der Waals surface area contributed by atoms with E-state index in [0.717, 1.165) is 16.6 Å². The van der Waals surface area contributed by atoms with Crippen LogP contribution >= 0.6 is 0 Å². The van der Waals surface area contributed by atoms with Crippen LogP contribution in [-0.4, -0.2) is 37.1 Å². The van der Waals surface area contributed by atoms with Gasteiger partial charge in [-0.05, 0) is 38.0 Å². The first kappa shape index (κ1) is 22.1. The van der Waals surface area contributed by atoms with E-state index < -0.39 is 17.5 Å². The number of benzene rings is 2. The molecule has 1 unspecified atom stereocenters. The number of aromatic nitrogens is 4. The summed E-state index contributed by atoms with van der Waals surface area (Å²) in [7, 11) is 1.89. The van der Waals surface area contributed by atoms with Crippen molar-refractivity contribution < 1.29 is 14.4 Å². The summed E-state index contributed by atoms with van der Waals surface area (Å²) in [5, 5.41) is 11.2. The fourth-order valence-corrected chi connectivity index (χ4v) is 5.28. The number of para-hydroxylation sites is 1. The molecule has 2 fully saturated rings. The molecule has 10 nitrogen and oxygen atoms in total. The number of fused-ring (bicyclic) bond motifs is 2. The van der Waals surface area contributed by atoms with Crippen LogP contribution < -0.4 is 16.2 Å². The van der Waals surface area contributed by atoms with Gasteiger partial charge in [0.1, 0.15) is 11.9 Å². The van der Waals surface area contributed by atoms with E-state index in [2.05, 4.69) is 20.7 Å². The molecule has 2 aliphatic rings. The molecule has 0 radical (unpaired) electrons. The molecule has 1 aliphatic heterocycles. The number of piperidine rings is 1. The van der Waals surface area contributed by atoms with Crippen molar-refractivity contribution in [3.8, 4) is 0 Å². The first-order chi connectivity index (χ1) is 17.3. The van der Waals surface area contributed by atoms with Crippen LogP contribution in [0, 0.1) is 12.8 Å². The third kappa shape index (κ3) is 3.48. The minimum atomic E-state index is -0.832. The zero-order valence-electron chi connectivity index (χ0n) is 19.8. The summed E-state index contributed by atoms with van der Waals surface area (Å²) < 4.78 is 3.15. The number of hydrogen-bond donors (Lipinski definition) is 2. The van der Waals surface area contributed by atoms with Crippen molar-refractivity contribution in [3.63, 3.8) is 0 Å². The van der Waals surface area contributed by atoms with Gasteiger partial charge in [0, 0.05) is 30.7 Å². The quantitative estimate of drug-likeness (QED) is 0.428. The lowest BCUT2D eigenvalue weighted by Gasteiger charge is -2.24. The second-order valence-electron chi connectivity index (χ2n) is 9.46. The van der Waals surface area contributed by atoms with Crippen molar-refractivity contribution in [1.29, 1.82) is 0 Å². The zero-order chi connectivity index (χ0) is 25.1. The van der Waals surface area contributed by atoms with Crippen molar-refractivity contribution in [1.82, 2.24) is 24.6 Å². The molecule has 0 bridgehead atoms. The Hall–Kier alpha value is -4.34. The number of hydrogen-bond acceptors (Lipinski definition) is 6. The third-order valence-corrected chi connectivity index (χ3v) is 7.15. The molecule has 4 aromatic rings. The molecule has 0 spiro atoms. The minimum Gasteiger partial charge on any atom is -0.325 e. The number of carbonyl (C=O) groups is 3. The average molecular weight is 485 g/mol. The van der Waals surface area contributed by atoms with E-state index in [1.54, 1.807) is 25.1 Å². The number of nitrogens with one attached hydrogen (secondary N) is 2. The smallest absolute Gasteiger partial charge is 0.264 e. The van der Waals surface area contributed by atoms with Gasteiger partial charge in [0.2, 0.25) is 17.7 Å². The number of amides is 3. The molecule has 1 saturated carbocycles. The van der Waals surface area contributed by atoms with Crippen LogP contribution in [0.3, 0.4) is 0 Å². The highest BCUT2D eigenvalue weighted by Crippen LogP contribution is 2.49. The largest absolute Gasteiger partial charge is 0.325 e. The molecule has 6 rings (SSSR count). The van der Waals surface area contributed by atoms with Gasteiger partial charge >= 0.3 is 0 Å². The van der Waals surface area contributed by atoms with Crippen LogP contribution in [0.2, 0.25) is 0 Å². The van der Waals surface area contributed by atoms with Gasteiger partial charge in [-0.1, -0.05) is 24.3 Å². The van der Waals surface area contributed by atoms with Gasteiger partial charge in [0.05, 0.1) is 27.8 Å². The molecule has 3 atom stereocenters. The first-order valence-corrected chi connectivity index (χ1v) is 11.9. The predicted molar refractivity (Wildman–Crippen MR) is 132 cm³/mol. The molecule has 2 aromatic heterocycles. The van der Waals surface area contributed by atoms with Crippen LogP contribution in [0.5, 0.6) is 0 Å². The van der Waals surface area contributed by atoms with E-state index >= 15 is 0 Å². The monoisotopic (exact) mass is 484 g/mol. The lowest BCUT2D eigenvalue weighted by Crippen LogP contribution is -2.45. The Labute approximate surface area is 205 Å². The van der Waals surface area contributed by atoms with Crippen LogP contribution in [-0.2, 0) is 21.4 Å². The second-order valence-corrected chi connectivity index (χ2v) is 9.46. The number of carbonyl (C=O) groups excluding carboxylic acids is 3. The van der Waals surface area contributed by atoms with Crippen molar-refractivity contribution >= 4 is 45.2 Å². The van der Waals surface area contributed by atoms with Gasteiger partial charge in [-0.2, -0.15) is 5.10 Å². The summed E-state index contributed by atoms with van der Waals surface area (Å²) in [5.74, 6) is -0.948.